The first-order valence-corrected chi connectivity index (χ1v) is 21.0. The van der Waals surface area contributed by atoms with Gasteiger partial charge in [0.25, 0.3) is 0 Å². The topological polar surface area (TPSA) is 12.5 Å². The molecule has 0 atom stereocenters. The highest BCUT2D eigenvalue weighted by Gasteiger charge is 2.51. The molecule has 61 heavy (non-hydrogen) atoms. The monoisotopic (exact) mass is 777 g/mol. The van der Waals surface area contributed by atoms with Crippen molar-refractivity contribution in [1.29, 1.82) is 0 Å². The predicted octanol–water partition coefficient (Wildman–Crippen LogP) is 15.8. The van der Waals surface area contributed by atoms with Crippen molar-refractivity contribution in [3.8, 4) is 56.0 Å². The van der Waals surface area contributed by atoms with Crippen molar-refractivity contribution in [3.63, 3.8) is 0 Å². The lowest BCUT2D eigenvalue weighted by molar-refractivity contribution is 0.437. The summed E-state index contributed by atoms with van der Waals surface area (Å²) in [4.78, 5) is 2.40. The number of nitrogens with zero attached hydrogens (tertiary/aromatic N) is 1. The van der Waals surface area contributed by atoms with Crippen LogP contribution in [-0.4, -0.2) is 0 Å². The molecule has 2 nitrogen and oxygen atoms in total. The van der Waals surface area contributed by atoms with Gasteiger partial charge in [0.05, 0.1) is 11.1 Å². The molecule has 2 aliphatic rings. The third kappa shape index (κ3) is 5.57. The quantitative estimate of drug-likeness (QED) is 0.167. The normalized spacial score (nSPS) is 12.9. The zero-order chi connectivity index (χ0) is 40.3. The molecule has 10 aromatic carbocycles. The highest BCUT2D eigenvalue weighted by molar-refractivity contribution is 5.95. The molecule has 1 spiro atoms. The SMILES string of the molecule is c1ccc(-c2ccc(N(c3ccc4c(c3)Oc3cc5ccccc5cc3C43c4ccccc4-c4ccccc43)c3ccc(-c4ccccc4)cc3-c3ccccc3)cc2)cc1. The van der Waals surface area contributed by atoms with E-state index in [2.05, 4.69) is 241 Å². The summed E-state index contributed by atoms with van der Waals surface area (Å²) in [5, 5.41) is 2.35. The number of ether oxygens (including phenoxy) is 1. The molecular weight excluding hydrogens is 739 g/mol. The zero-order valence-electron chi connectivity index (χ0n) is 33.4. The Morgan fingerprint density at radius 3 is 1.44 bits per heavy atom. The number of hydrogen-bond donors (Lipinski definition) is 0. The molecule has 0 fully saturated rings. The summed E-state index contributed by atoms with van der Waals surface area (Å²) in [6.07, 6.45) is 0. The molecule has 286 valence electrons. The molecule has 10 aromatic rings. The van der Waals surface area contributed by atoms with E-state index in [0.717, 1.165) is 50.6 Å². The first-order valence-electron chi connectivity index (χ1n) is 21.0. The molecule has 0 unspecified atom stereocenters. The van der Waals surface area contributed by atoms with E-state index < -0.39 is 5.41 Å². The van der Waals surface area contributed by atoms with Gasteiger partial charge in [0.15, 0.2) is 0 Å². The van der Waals surface area contributed by atoms with Gasteiger partial charge in [0, 0.05) is 34.1 Å². The van der Waals surface area contributed by atoms with Gasteiger partial charge in [-0.1, -0.05) is 188 Å². The summed E-state index contributed by atoms with van der Waals surface area (Å²) in [7, 11) is 0. The van der Waals surface area contributed by atoms with Gasteiger partial charge in [-0.2, -0.15) is 0 Å². The van der Waals surface area contributed by atoms with Crippen LogP contribution in [0.15, 0.2) is 237 Å². The van der Waals surface area contributed by atoms with Crippen LogP contribution in [0.5, 0.6) is 11.5 Å². The van der Waals surface area contributed by atoms with Crippen LogP contribution >= 0.6 is 0 Å². The minimum Gasteiger partial charge on any atom is -0.457 e. The molecule has 12 rings (SSSR count). The van der Waals surface area contributed by atoms with Crippen molar-refractivity contribution in [2.24, 2.45) is 0 Å². The molecule has 1 heterocycles. The highest BCUT2D eigenvalue weighted by Crippen LogP contribution is 2.63. The van der Waals surface area contributed by atoms with Gasteiger partial charge in [0.1, 0.15) is 11.5 Å². The molecule has 0 aromatic heterocycles. The van der Waals surface area contributed by atoms with E-state index in [1.54, 1.807) is 0 Å². The first kappa shape index (κ1) is 35.0. The predicted molar refractivity (Wildman–Crippen MR) is 252 cm³/mol. The molecule has 2 heteroatoms. The molecule has 0 saturated carbocycles. The van der Waals surface area contributed by atoms with Crippen LogP contribution in [-0.2, 0) is 5.41 Å². The van der Waals surface area contributed by atoms with Crippen LogP contribution in [0.2, 0.25) is 0 Å². The van der Waals surface area contributed by atoms with Crippen molar-refractivity contribution in [1.82, 2.24) is 0 Å². The Morgan fingerprint density at radius 2 is 0.787 bits per heavy atom. The summed E-state index contributed by atoms with van der Waals surface area (Å²) in [5.41, 5.74) is 16.9. The average molecular weight is 778 g/mol. The molecule has 0 saturated heterocycles. The van der Waals surface area contributed by atoms with Crippen LogP contribution in [0.3, 0.4) is 0 Å². The standard InChI is InChI=1S/C59H39NO/c1-4-16-40(17-5-1)42-28-31-47(32-29-42)60(56-35-30-46(41-18-6-2-7-19-41)36-51(56)43-20-8-3-9-21-43)48-33-34-54-58(39-48)61-57-38-45-23-11-10-22-44(45)37-55(57)59(54)52-26-14-12-24-49(52)50-25-13-15-27-53(50)59/h1-39H. The zero-order valence-corrected chi connectivity index (χ0v) is 33.4. The summed E-state index contributed by atoms with van der Waals surface area (Å²) in [6, 6.07) is 85.8. The number of fused-ring (bicyclic) bond motifs is 10. The minimum absolute atomic E-state index is 0.576. The molecule has 0 amide bonds. The van der Waals surface area contributed by atoms with Crippen LogP contribution < -0.4 is 9.64 Å². The number of benzene rings is 10. The van der Waals surface area contributed by atoms with Gasteiger partial charge in [0.2, 0.25) is 0 Å². The fourth-order valence-electron chi connectivity index (χ4n) is 9.97. The smallest absolute Gasteiger partial charge is 0.134 e. The van der Waals surface area contributed by atoms with Crippen molar-refractivity contribution in [2.45, 2.75) is 5.41 Å². The first-order chi connectivity index (χ1) is 30.2. The fraction of sp³-hybridized carbons (Fsp3) is 0.0169. The van der Waals surface area contributed by atoms with Gasteiger partial charge in [-0.3, -0.25) is 0 Å². The number of hydrogen-bond acceptors (Lipinski definition) is 2. The Hall–Kier alpha value is -7.94. The second-order valence-corrected chi connectivity index (χ2v) is 16.0. The molecule has 1 aliphatic heterocycles. The van der Waals surface area contributed by atoms with E-state index in [4.69, 9.17) is 4.74 Å². The van der Waals surface area contributed by atoms with Crippen LogP contribution in [0, 0.1) is 0 Å². The molecule has 0 N–H and O–H groups in total. The van der Waals surface area contributed by atoms with E-state index in [0.29, 0.717) is 0 Å². The number of rotatable bonds is 6. The van der Waals surface area contributed by atoms with Gasteiger partial charge < -0.3 is 9.64 Å². The Morgan fingerprint density at radius 1 is 0.295 bits per heavy atom. The van der Waals surface area contributed by atoms with E-state index in [1.165, 1.54) is 55.5 Å². The lowest BCUT2D eigenvalue weighted by atomic mass is 9.66. The van der Waals surface area contributed by atoms with Gasteiger partial charge in [-0.15, -0.1) is 0 Å². The molecular formula is C59H39NO. The maximum atomic E-state index is 7.21. The third-order valence-electron chi connectivity index (χ3n) is 12.7. The number of anilines is 3. The maximum absolute atomic E-state index is 7.21. The Bertz CT molecular complexity index is 3220. The van der Waals surface area contributed by atoms with E-state index in [1.807, 2.05) is 0 Å². The maximum Gasteiger partial charge on any atom is 0.134 e. The molecule has 0 bridgehead atoms. The fourth-order valence-corrected chi connectivity index (χ4v) is 9.97. The van der Waals surface area contributed by atoms with Crippen molar-refractivity contribution in [3.05, 3.63) is 259 Å². The van der Waals surface area contributed by atoms with Gasteiger partial charge in [-0.05, 0) is 103 Å². The minimum atomic E-state index is -0.576. The summed E-state index contributed by atoms with van der Waals surface area (Å²) >= 11 is 0. The second kappa shape index (κ2) is 14.1. The van der Waals surface area contributed by atoms with Crippen LogP contribution in [0.25, 0.3) is 55.3 Å². The summed E-state index contributed by atoms with van der Waals surface area (Å²) in [6.45, 7) is 0. The molecule has 0 radical (unpaired) electrons. The van der Waals surface area contributed by atoms with E-state index in [9.17, 15) is 0 Å². The Balaban J connectivity index is 1.11. The van der Waals surface area contributed by atoms with E-state index >= 15 is 0 Å². The second-order valence-electron chi connectivity index (χ2n) is 16.0. The summed E-state index contributed by atoms with van der Waals surface area (Å²) in [5.74, 6) is 1.73. The lowest BCUT2D eigenvalue weighted by Gasteiger charge is -2.40. The van der Waals surface area contributed by atoms with Gasteiger partial charge in [-0.25, -0.2) is 0 Å². The Labute approximate surface area is 356 Å². The molecule has 1 aliphatic carbocycles. The van der Waals surface area contributed by atoms with Gasteiger partial charge >= 0.3 is 0 Å². The highest BCUT2D eigenvalue weighted by atomic mass is 16.5. The lowest BCUT2D eigenvalue weighted by Crippen LogP contribution is -2.32. The largest absolute Gasteiger partial charge is 0.457 e. The van der Waals surface area contributed by atoms with Crippen LogP contribution in [0.1, 0.15) is 22.3 Å². The Kier molecular flexibility index (Phi) is 8.11. The van der Waals surface area contributed by atoms with Crippen LogP contribution in [0.4, 0.5) is 17.1 Å². The third-order valence-corrected chi connectivity index (χ3v) is 12.7. The summed E-state index contributed by atoms with van der Waals surface area (Å²) < 4.78 is 7.21. The van der Waals surface area contributed by atoms with E-state index in [-0.39, 0.29) is 0 Å². The average Bonchev–Trinajstić information content (AvgIpc) is 3.63. The van der Waals surface area contributed by atoms with Crippen molar-refractivity contribution in [2.75, 3.05) is 4.90 Å². The van der Waals surface area contributed by atoms with Crippen molar-refractivity contribution < 1.29 is 4.74 Å². The van der Waals surface area contributed by atoms with Crippen molar-refractivity contribution >= 4 is 27.8 Å².